The average molecular weight is 651 g/mol. The molecule has 258 valence electrons. The van der Waals surface area contributed by atoms with Crippen LogP contribution in [0.15, 0.2) is 72.8 Å². The molecule has 3 atom stereocenters. The Morgan fingerprint density at radius 1 is 0.851 bits per heavy atom. The third-order valence-electron chi connectivity index (χ3n) is 9.51. The monoisotopic (exact) mass is 650 g/mol. The second-order valence-corrected chi connectivity index (χ2v) is 13.9. The van der Waals surface area contributed by atoms with Crippen molar-refractivity contribution in [2.24, 2.45) is 5.92 Å². The zero-order valence-electron chi connectivity index (χ0n) is 29.1. The quantitative estimate of drug-likeness (QED) is 0.139. The van der Waals surface area contributed by atoms with Gasteiger partial charge in [0.05, 0.1) is 6.10 Å². The van der Waals surface area contributed by atoms with Crippen molar-refractivity contribution in [2.45, 2.75) is 109 Å². The fraction of sp³-hybridized carbons (Fsp3) is 0.538. The Morgan fingerprint density at radius 2 is 1.36 bits per heavy atom. The summed E-state index contributed by atoms with van der Waals surface area (Å²) in [6.07, 6.45) is 3.22. The molecule has 1 aliphatic carbocycles. The summed E-state index contributed by atoms with van der Waals surface area (Å²) in [5, 5.41) is 20.6. The lowest BCUT2D eigenvalue weighted by Gasteiger charge is -2.44. The van der Waals surface area contributed by atoms with E-state index in [2.05, 4.69) is 58.2 Å². The summed E-state index contributed by atoms with van der Waals surface area (Å²) in [6.45, 7) is 19.2. The molecule has 3 rings (SSSR count). The molecule has 2 aromatic rings. The van der Waals surface area contributed by atoms with Crippen LogP contribution in [-0.4, -0.2) is 60.3 Å². The van der Waals surface area contributed by atoms with E-state index in [1.165, 1.54) is 11.1 Å². The number of carbonyl (C=O) groups excluding carboxylic acids is 2. The Hall–Kier alpha value is -3.62. The molecule has 2 N–H and O–H groups in total. The third kappa shape index (κ3) is 11.0. The first-order valence-corrected chi connectivity index (χ1v) is 16.7. The Balaban J connectivity index is 1.48. The van der Waals surface area contributed by atoms with Crippen molar-refractivity contribution < 1.29 is 38.7 Å². The Kier molecular flexibility index (Phi) is 13.7. The molecule has 0 heterocycles. The maximum atomic E-state index is 11.8. The van der Waals surface area contributed by atoms with Crippen LogP contribution in [0, 0.1) is 5.92 Å². The smallest absolute Gasteiger partial charge is 0.333 e. The zero-order valence-corrected chi connectivity index (χ0v) is 29.1. The number of hydrogen-bond donors (Lipinski definition) is 2. The lowest BCUT2D eigenvalue weighted by Crippen LogP contribution is -2.37. The van der Waals surface area contributed by atoms with Gasteiger partial charge in [0.15, 0.2) is 0 Å². The second kappa shape index (κ2) is 17.0. The van der Waals surface area contributed by atoms with E-state index in [0.29, 0.717) is 35.8 Å². The van der Waals surface area contributed by atoms with E-state index in [-0.39, 0.29) is 42.3 Å². The number of rotatable bonds is 17. The third-order valence-corrected chi connectivity index (χ3v) is 9.51. The van der Waals surface area contributed by atoms with Gasteiger partial charge in [-0.3, -0.25) is 0 Å². The highest BCUT2D eigenvalue weighted by Crippen LogP contribution is 2.48. The maximum Gasteiger partial charge on any atom is 0.333 e. The van der Waals surface area contributed by atoms with E-state index in [1.54, 1.807) is 13.8 Å². The predicted molar refractivity (Wildman–Crippen MR) is 184 cm³/mol. The van der Waals surface area contributed by atoms with Gasteiger partial charge in [0.2, 0.25) is 0 Å². The molecule has 1 aliphatic rings. The number of benzene rings is 2. The van der Waals surface area contributed by atoms with Gasteiger partial charge >= 0.3 is 11.9 Å². The van der Waals surface area contributed by atoms with E-state index in [0.717, 1.165) is 25.7 Å². The van der Waals surface area contributed by atoms with Gasteiger partial charge in [0.25, 0.3) is 0 Å². The van der Waals surface area contributed by atoms with Crippen LogP contribution in [0.1, 0.15) is 91.2 Å². The minimum Gasteiger partial charge on any atom is -0.491 e. The zero-order chi connectivity index (χ0) is 34.8. The van der Waals surface area contributed by atoms with E-state index in [9.17, 15) is 19.8 Å². The highest BCUT2D eigenvalue weighted by Gasteiger charge is 2.39. The molecular weight excluding hydrogens is 596 g/mol. The molecule has 47 heavy (non-hydrogen) atoms. The summed E-state index contributed by atoms with van der Waals surface area (Å²) in [5.41, 5.74) is 3.22. The van der Waals surface area contributed by atoms with Crippen molar-refractivity contribution in [3.8, 4) is 11.5 Å². The predicted octanol–water partition coefficient (Wildman–Crippen LogP) is 7.00. The van der Waals surface area contributed by atoms with Gasteiger partial charge in [-0.1, -0.05) is 65.1 Å². The molecule has 0 aromatic heterocycles. The van der Waals surface area contributed by atoms with Crippen molar-refractivity contribution in [1.29, 1.82) is 0 Å². The molecular formula is C39H54O8. The molecule has 8 heteroatoms. The molecule has 2 aromatic carbocycles. The van der Waals surface area contributed by atoms with E-state index in [1.807, 2.05) is 31.2 Å². The number of ether oxygens (including phenoxy) is 4. The highest BCUT2D eigenvalue weighted by atomic mass is 16.6. The van der Waals surface area contributed by atoms with E-state index < -0.39 is 24.1 Å². The topological polar surface area (TPSA) is 112 Å². The van der Waals surface area contributed by atoms with Crippen molar-refractivity contribution in [1.82, 2.24) is 0 Å². The first-order valence-electron chi connectivity index (χ1n) is 16.7. The maximum absolute atomic E-state index is 11.8. The molecule has 8 nitrogen and oxygen atoms in total. The summed E-state index contributed by atoms with van der Waals surface area (Å²) >= 11 is 0. The van der Waals surface area contributed by atoms with Crippen molar-refractivity contribution in [2.75, 3.05) is 19.8 Å². The van der Waals surface area contributed by atoms with Crippen LogP contribution in [0.25, 0.3) is 0 Å². The highest BCUT2D eigenvalue weighted by molar-refractivity contribution is 5.87. The summed E-state index contributed by atoms with van der Waals surface area (Å²) < 4.78 is 22.0. The number of aliphatic hydroxyl groups is 2. The first-order chi connectivity index (χ1) is 22.1. The molecule has 1 fully saturated rings. The number of carbonyl (C=O) groups is 2. The minimum atomic E-state index is -0.923. The SMILES string of the molecule is C=C(C)C(=O)OCC(O)COc1ccc(C(C)(C)C2CCC(C)(c3ccc(OCC(O)CC(CC)OC(=O)C(=C)C)cc3)CC2)cc1. The summed E-state index contributed by atoms with van der Waals surface area (Å²) in [6, 6.07) is 16.3. The van der Waals surface area contributed by atoms with Gasteiger partial charge in [-0.2, -0.15) is 0 Å². The number of hydrogen-bond acceptors (Lipinski definition) is 8. The van der Waals surface area contributed by atoms with Crippen LogP contribution in [0.4, 0.5) is 0 Å². The van der Waals surface area contributed by atoms with Crippen LogP contribution >= 0.6 is 0 Å². The van der Waals surface area contributed by atoms with Gasteiger partial charge in [0.1, 0.15) is 43.5 Å². The van der Waals surface area contributed by atoms with Gasteiger partial charge in [-0.15, -0.1) is 0 Å². The Labute approximate surface area is 280 Å². The first kappa shape index (κ1) is 37.8. The van der Waals surface area contributed by atoms with Crippen molar-refractivity contribution in [3.63, 3.8) is 0 Å². The van der Waals surface area contributed by atoms with Crippen LogP contribution in [0.5, 0.6) is 11.5 Å². The van der Waals surface area contributed by atoms with Crippen molar-refractivity contribution in [3.05, 3.63) is 84.0 Å². The molecule has 3 unspecified atom stereocenters. The number of esters is 2. The van der Waals surface area contributed by atoms with Gasteiger partial charge in [-0.05, 0) is 98.1 Å². The molecule has 1 saturated carbocycles. The van der Waals surface area contributed by atoms with E-state index >= 15 is 0 Å². The lowest BCUT2D eigenvalue weighted by atomic mass is 9.60. The largest absolute Gasteiger partial charge is 0.491 e. The van der Waals surface area contributed by atoms with Crippen LogP contribution in [0.3, 0.4) is 0 Å². The Bertz CT molecular complexity index is 1340. The molecule has 0 aliphatic heterocycles. The van der Waals surface area contributed by atoms with Crippen molar-refractivity contribution >= 4 is 11.9 Å². The molecule has 0 amide bonds. The molecule has 0 bridgehead atoms. The van der Waals surface area contributed by atoms with Gasteiger partial charge in [-0.25, -0.2) is 9.59 Å². The molecule has 0 radical (unpaired) electrons. The van der Waals surface area contributed by atoms with Gasteiger partial charge in [0, 0.05) is 17.6 Å². The average Bonchev–Trinajstić information content (AvgIpc) is 3.05. The normalized spacial score (nSPS) is 20.0. The fourth-order valence-electron chi connectivity index (χ4n) is 6.08. The van der Waals surface area contributed by atoms with Gasteiger partial charge < -0.3 is 29.2 Å². The summed E-state index contributed by atoms with van der Waals surface area (Å²) in [5.74, 6) is 0.910. The van der Waals surface area contributed by atoms with Crippen LogP contribution in [0.2, 0.25) is 0 Å². The van der Waals surface area contributed by atoms with Crippen LogP contribution < -0.4 is 9.47 Å². The summed E-state index contributed by atoms with van der Waals surface area (Å²) in [4.78, 5) is 23.3. The fourth-order valence-corrected chi connectivity index (χ4v) is 6.08. The number of aliphatic hydroxyl groups excluding tert-OH is 2. The second-order valence-electron chi connectivity index (χ2n) is 13.9. The standard InChI is InChI=1S/C39H54O8/c1-9-33(47-37(43)27(4)5)22-31(40)23-44-35-16-12-30(13-17-35)39(8)20-18-29(19-21-39)38(6,7)28-10-14-34(15-11-28)45-24-32(41)25-46-36(42)26(2)3/h10-17,29,31-33,40-41H,2,4,9,18-25H2,1,3,5-8H3. The molecule has 0 saturated heterocycles. The van der Waals surface area contributed by atoms with Crippen LogP contribution in [-0.2, 0) is 29.9 Å². The lowest BCUT2D eigenvalue weighted by molar-refractivity contribution is -0.146. The Morgan fingerprint density at radius 3 is 1.87 bits per heavy atom. The van der Waals surface area contributed by atoms with E-state index in [4.69, 9.17) is 18.9 Å². The molecule has 0 spiro atoms. The minimum absolute atomic E-state index is 0.0196. The summed E-state index contributed by atoms with van der Waals surface area (Å²) in [7, 11) is 0.